The lowest BCUT2D eigenvalue weighted by Crippen LogP contribution is -2.49. The molecule has 0 saturated carbocycles. The van der Waals surface area contributed by atoms with E-state index in [2.05, 4.69) is 15.5 Å². The number of aryl methyl sites for hydroxylation is 1. The van der Waals surface area contributed by atoms with Gasteiger partial charge in [0, 0.05) is 5.69 Å². The van der Waals surface area contributed by atoms with Gasteiger partial charge in [-0.3, -0.25) is 9.89 Å². The molecule has 6 nitrogen and oxygen atoms in total. The highest BCUT2D eigenvalue weighted by molar-refractivity contribution is 5.96. The summed E-state index contributed by atoms with van der Waals surface area (Å²) >= 11 is 0. The molecule has 1 amide bonds. The molecule has 15 heavy (non-hydrogen) atoms. The number of hydrogen-bond acceptors (Lipinski definition) is 3. The van der Waals surface area contributed by atoms with Crippen LogP contribution in [0, 0.1) is 6.92 Å². The lowest BCUT2D eigenvalue weighted by atomic mass is 10.1. The highest BCUT2D eigenvalue weighted by Gasteiger charge is 2.29. The van der Waals surface area contributed by atoms with Gasteiger partial charge in [-0.1, -0.05) is 0 Å². The smallest absolute Gasteiger partial charge is 0.328 e. The van der Waals surface area contributed by atoms with Crippen LogP contribution < -0.4 is 5.32 Å². The number of aromatic amines is 1. The van der Waals surface area contributed by atoms with Crippen molar-refractivity contribution in [2.75, 3.05) is 0 Å². The molecule has 0 aliphatic rings. The van der Waals surface area contributed by atoms with E-state index in [0.717, 1.165) is 5.69 Å². The number of carbonyl (C=O) groups is 2. The molecular weight excluding hydrogens is 198 g/mol. The van der Waals surface area contributed by atoms with E-state index in [4.69, 9.17) is 5.11 Å². The van der Waals surface area contributed by atoms with Crippen molar-refractivity contribution in [2.45, 2.75) is 26.3 Å². The number of H-pyrrole nitrogens is 1. The Hall–Kier alpha value is -1.85. The Morgan fingerprint density at radius 3 is 2.53 bits per heavy atom. The van der Waals surface area contributed by atoms with Crippen molar-refractivity contribution < 1.29 is 14.7 Å². The van der Waals surface area contributed by atoms with Crippen LogP contribution in [0.3, 0.4) is 0 Å². The Kier molecular flexibility index (Phi) is 2.78. The largest absolute Gasteiger partial charge is 0.480 e. The molecule has 0 aliphatic carbocycles. The average Bonchev–Trinajstić information content (AvgIpc) is 2.50. The number of carboxylic acid groups (broad SMARTS) is 1. The summed E-state index contributed by atoms with van der Waals surface area (Å²) in [6.07, 6.45) is 0. The molecule has 0 bridgehead atoms. The Morgan fingerprint density at radius 1 is 1.53 bits per heavy atom. The Bertz CT molecular complexity index is 395. The van der Waals surface area contributed by atoms with Crippen LogP contribution >= 0.6 is 0 Å². The number of amides is 1. The van der Waals surface area contributed by atoms with Crippen LogP contribution in [0.1, 0.15) is 30.0 Å². The van der Waals surface area contributed by atoms with Gasteiger partial charge in [0.15, 0.2) is 0 Å². The number of aromatic nitrogens is 2. The number of carbonyl (C=O) groups excluding carboxylic acids is 1. The fourth-order valence-electron chi connectivity index (χ4n) is 0.936. The Balaban J connectivity index is 2.76. The molecule has 0 unspecified atom stereocenters. The minimum atomic E-state index is -1.30. The molecule has 3 N–H and O–H groups in total. The van der Waals surface area contributed by atoms with Crippen molar-refractivity contribution in [3.8, 4) is 0 Å². The van der Waals surface area contributed by atoms with Gasteiger partial charge in [-0.05, 0) is 26.8 Å². The maximum atomic E-state index is 11.5. The molecule has 6 heteroatoms. The second-order valence-electron chi connectivity index (χ2n) is 3.82. The van der Waals surface area contributed by atoms with E-state index < -0.39 is 17.4 Å². The summed E-state index contributed by atoms with van der Waals surface area (Å²) in [5.41, 5.74) is -0.376. The van der Waals surface area contributed by atoms with Gasteiger partial charge in [-0.15, -0.1) is 0 Å². The second kappa shape index (κ2) is 3.72. The van der Waals surface area contributed by atoms with Crippen LogP contribution in [0.2, 0.25) is 0 Å². The lowest BCUT2D eigenvalue weighted by molar-refractivity contribution is -0.143. The summed E-state index contributed by atoms with van der Waals surface area (Å²) in [5, 5.41) is 17.5. The molecule has 0 saturated heterocycles. The van der Waals surface area contributed by atoms with Gasteiger partial charge in [0.05, 0.1) is 0 Å². The van der Waals surface area contributed by atoms with Crippen molar-refractivity contribution in [1.82, 2.24) is 15.5 Å². The number of aliphatic carboxylic acids is 1. The molecule has 1 aromatic rings. The van der Waals surface area contributed by atoms with Crippen LogP contribution in [0.15, 0.2) is 6.07 Å². The first-order chi connectivity index (χ1) is 6.83. The monoisotopic (exact) mass is 211 g/mol. The summed E-state index contributed by atoms with van der Waals surface area (Å²) in [5.74, 6) is -1.60. The lowest BCUT2D eigenvalue weighted by Gasteiger charge is -2.19. The van der Waals surface area contributed by atoms with Crippen molar-refractivity contribution in [3.63, 3.8) is 0 Å². The third-order valence-corrected chi connectivity index (χ3v) is 1.90. The van der Waals surface area contributed by atoms with Crippen LogP contribution in [0.4, 0.5) is 0 Å². The summed E-state index contributed by atoms with van der Waals surface area (Å²) in [4.78, 5) is 22.3. The summed E-state index contributed by atoms with van der Waals surface area (Å²) in [7, 11) is 0. The third kappa shape index (κ3) is 2.55. The van der Waals surface area contributed by atoms with Gasteiger partial charge >= 0.3 is 5.97 Å². The van der Waals surface area contributed by atoms with Crippen LogP contribution in [-0.4, -0.2) is 32.7 Å². The number of nitrogens with zero attached hydrogens (tertiary/aromatic N) is 1. The minimum absolute atomic E-state index is 0.182. The summed E-state index contributed by atoms with van der Waals surface area (Å²) in [6, 6.07) is 1.55. The fraction of sp³-hybridized carbons (Fsp3) is 0.444. The summed E-state index contributed by atoms with van der Waals surface area (Å²) in [6.45, 7) is 4.58. The van der Waals surface area contributed by atoms with E-state index in [9.17, 15) is 9.59 Å². The number of carboxylic acids is 1. The molecule has 0 aromatic carbocycles. The average molecular weight is 211 g/mol. The minimum Gasteiger partial charge on any atom is -0.480 e. The summed E-state index contributed by atoms with van der Waals surface area (Å²) < 4.78 is 0. The van der Waals surface area contributed by atoms with Crippen LogP contribution in [0.5, 0.6) is 0 Å². The molecule has 1 heterocycles. The van der Waals surface area contributed by atoms with Crippen molar-refractivity contribution in [2.24, 2.45) is 0 Å². The van der Waals surface area contributed by atoms with Crippen LogP contribution in [0.25, 0.3) is 0 Å². The van der Waals surface area contributed by atoms with Crippen molar-refractivity contribution >= 4 is 11.9 Å². The molecule has 0 fully saturated rings. The molecule has 0 spiro atoms. The van der Waals surface area contributed by atoms with Gasteiger partial charge in [0.1, 0.15) is 11.2 Å². The number of rotatable bonds is 3. The van der Waals surface area contributed by atoms with E-state index in [1.807, 2.05) is 0 Å². The van der Waals surface area contributed by atoms with E-state index in [-0.39, 0.29) is 5.69 Å². The maximum Gasteiger partial charge on any atom is 0.328 e. The normalized spacial score (nSPS) is 11.1. The Labute approximate surface area is 86.7 Å². The van der Waals surface area contributed by atoms with Crippen molar-refractivity contribution in [3.05, 3.63) is 17.5 Å². The van der Waals surface area contributed by atoms with Gasteiger partial charge in [0.25, 0.3) is 5.91 Å². The molecule has 0 atom stereocenters. The predicted molar refractivity (Wildman–Crippen MR) is 52.5 cm³/mol. The van der Waals surface area contributed by atoms with Gasteiger partial charge in [-0.2, -0.15) is 5.10 Å². The zero-order valence-electron chi connectivity index (χ0n) is 8.79. The standard InChI is InChI=1S/C9H13N3O3/c1-5-4-6(12-11-5)7(13)10-9(2,3)8(14)15/h4H,1-3H3,(H,10,13)(H,11,12)(H,14,15). The highest BCUT2D eigenvalue weighted by Crippen LogP contribution is 2.05. The topological polar surface area (TPSA) is 95.1 Å². The number of hydrogen-bond donors (Lipinski definition) is 3. The maximum absolute atomic E-state index is 11.5. The number of nitrogens with one attached hydrogen (secondary N) is 2. The highest BCUT2D eigenvalue weighted by atomic mass is 16.4. The quantitative estimate of drug-likeness (QED) is 0.670. The molecule has 82 valence electrons. The second-order valence-corrected chi connectivity index (χ2v) is 3.82. The SMILES string of the molecule is Cc1cc(C(=O)NC(C)(C)C(=O)O)n[nH]1. The molecule has 0 aliphatic heterocycles. The zero-order valence-corrected chi connectivity index (χ0v) is 8.79. The van der Waals surface area contributed by atoms with Crippen molar-refractivity contribution in [1.29, 1.82) is 0 Å². The Morgan fingerprint density at radius 2 is 2.13 bits per heavy atom. The van der Waals surface area contributed by atoms with E-state index in [0.29, 0.717) is 0 Å². The van der Waals surface area contributed by atoms with Gasteiger partial charge < -0.3 is 10.4 Å². The first-order valence-electron chi connectivity index (χ1n) is 4.41. The van der Waals surface area contributed by atoms with Gasteiger partial charge in [-0.25, -0.2) is 4.79 Å². The molecule has 1 aromatic heterocycles. The fourth-order valence-corrected chi connectivity index (χ4v) is 0.936. The first kappa shape index (κ1) is 11.2. The predicted octanol–water partition coefficient (Wildman–Crippen LogP) is 0.311. The third-order valence-electron chi connectivity index (χ3n) is 1.90. The molecular formula is C9H13N3O3. The van der Waals surface area contributed by atoms with Crippen LogP contribution in [-0.2, 0) is 4.79 Å². The van der Waals surface area contributed by atoms with E-state index >= 15 is 0 Å². The molecule has 1 rings (SSSR count). The van der Waals surface area contributed by atoms with E-state index in [1.54, 1.807) is 13.0 Å². The zero-order chi connectivity index (χ0) is 11.6. The molecule has 0 radical (unpaired) electrons. The van der Waals surface area contributed by atoms with E-state index in [1.165, 1.54) is 13.8 Å². The first-order valence-corrected chi connectivity index (χ1v) is 4.41. The van der Waals surface area contributed by atoms with Gasteiger partial charge in [0.2, 0.25) is 0 Å².